The van der Waals surface area contributed by atoms with Crippen molar-refractivity contribution in [2.24, 2.45) is 0 Å². The lowest BCUT2D eigenvalue weighted by Crippen LogP contribution is -2.31. The average molecular weight is 296 g/mol. The molecule has 0 unspecified atom stereocenters. The van der Waals surface area contributed by atoms with E-state index in [-0.39, 0.29) is 0 Å². The first-order valence-electron chi connectivity index (χ1n) is 6.33. The van der Waals surface area contributed by atoms with E-state index in [4.69, 9.17) is 16.3 Å². The van der Waals surface area contributed by atoms with Crippen molar-refractivity contribution in [2.45, 2.75) is 11.8 Å². The molecular weight excluding hydrogens is 278 g/mol. The van der Waals surface area contributed by atoms with E-state index in [1.807, 2.05) is 24.3 Å². The molecule has 0 aliphatic carbocycles. The number of halogens is 1. The Morgan fingerprint density at radius 3 is 2.63 bits per heavy atom. The molecule has 0 saturated carbocycles. The number of nitrogens with zero attached hydrogens (tertiary/aromatic N) is 1. The Kier molecular flexibility index (Phi) is 5.83. The third-order valence-corrected chi connectivity index (χ3v) is 4.07. The second kappa shape index (κ2) is 7.63. The van der Waals surface area contributed by atoms with Gasteiger partial charge in [0.25, 0.3) is 0 Å². The van der Waals surface area contributed by atoms with E-state index in [0.29, 0.717) is 0 Å². The average Bonchev–Trinajstić information content (AvgIpc) is 2.45. The van der Waals surface area contributed by atoms with Gasteiger partial charge in [-0.3, -0.25) is 0 Å². The molecule has 1 aromatic rings. The first-order valence-corrected chi connectivity index (χ1v) is 7.59. The molecule has 0 N–H and O–H groups in total. The maximum atomic E-state index is 5.86. The Morgan fingerprint density at radius 2 is 1.95 bits per heavy atom. The van der Waals surface area contributed by atoms with Crippen molar-refractivity contribution in [3.8, 4) is 0 Å². The molecule has 1 aliphatic heterocycles. The quantitative estimate of drug-likeness (QED) is 0.611. The summed E-state index contributed by atoms with van der Waals surface area (Å²) in [7, 11) is 0. The lowest BCUT2D eigenvalue weighted by molar-refractivity contribution is 0.0594. The predicted octanol–water partition coefficient (Wildman–Crippen LogP) is 4.18. The Bertz CT molecular complexity index is 450. The van der Waals surface area contributed by atoms with Crippen molar-refractivity contribution in [2.75, 3.05) is 26.3 Å². The van der Waals surface area contributed by atoms with Crippen LogP contribution in [0, 0.1) is 0 Å². The first-order chi connectivity index (χ1) is 9.24. The van der Waals surface area contributed by atoms with E-state index in [1.54, 1.807) is 11.8 Å². The molecule has 0 amide bonds. The molecule has 0 atom stereocenters. The van der Waals surface area contributed by atoms with Crippen molar-refractivity contribution in [1.82, 2.24) is 4.90 Å². The number of allylic oxidation sites excluding steroid dienone is 2. The van der Waals surface area contributed by atoms with Gasteiger partial charge in [-0.25, -0.2) is 0 Å². The second-order valence-corrected chi connectivity index (χ2v) is 5.78. The summed E-state index contributed by atoms with van der Waals surface area (Å²) in [6.07, 6.45) is 4.30. The van der Waals surface area contributed by atoms with Gasteiger partial charge in [0.1, 0.15) is 0 Å². The SMILES string of the molecule is CC(/C=C/N1CCOCC1)=C\Sc1ccc(Cl)cc1. The Morgan fingerprint density at radius 1 is 1.26 bits per heavy atom. The van der Waals surface area contributed by atoms with Crippen molar-refractivity contribution in [1.29, 1.82) is 0 Å². The number of hydrogen-bond donors (Lipinski definition) is 0. The van der Waals surface area contributed by atoms with Crippen LogP contribution < -0.4 is 0 Å². The number of rotatable bonds is 4. The second-order valence-electron chi connectivity index (χ2n) is 4.40. The van der Waals surface area contributed by atoms with Gasteiger partial charge in [-0.1, -0.05) is 23.4 Å². The molecule has 2 rings (SSSR count). The van der Waals surface area contributed by atoms with Crippen LogP contribution in [-0.2, 0) is 4.74 Å². The summed E-state index contributed by atoms with van der Waals surface area (Å²) < 4.78 is 5.32. The zero-order valence-electron chi connectivity index (χ0n) is 11.0. The summed E-state index contributed by atoms with van der Waals surface area (Å²) in [5.41, 5.74) is 1.24. The molecule has 0 aromatic heterocycles. The summed E-state index contributed by atoms with van der Waals surface area (Å²) >= 11 is 7.57. The van der Waals surface area contributed by atoms with Crippen LogP contribution in [0.3, 0.4) is 0 Å². The van der Waals surface area contributed by atoms with Crippen molar-refractivity contribution in [3.63, 3.8) is 0 Å². The topological polar surface area (TPSA) is 12.5 Å². The zero-order chi connectivity index (χ0) is 13.5. The molecule has 0 spiro atoms. The maximum Gasteiger partial charge on any atom is 0.0642 e. The van der Waals surface area contributed by atoms with Gasteiger partial charge < -0.3 is 9.64 Å². The van der Waals surface area contributed by atoms with E-state index in [2.05, 4.69) is 29.5 Å². The number of ether oxygens (including phenoxy) is 1. The predicted molar refractivity (Wildman–Crippen MR) is 82.6 cm³/mol. The molecule has 4 heteroatoms. The van der Waals surface area contributed by atoms with Gasteiger partial charge in [-0.15, -0.1) is 0 Å². The van der Waals surface area contributed by atoms with Crippen molar-refractivity contribution < 1.29 is 4.74 Å². The number of hydrogen-bond acceptors (Lipinski definition) is 3. The van der Waals surface area contributed by atoms with Gasteiger partial charge in [-0.2, -0.15) is 0 Å². The van der Waals surface area contributed by atoms with Gasteiger partial charge in [-0.05, 0) is 54.4 Å². The van der Waals surface area contributed by atoms with Crippen LogP contribution in [0.1, 0.15) is 6.92 Å². The number of benzene rings is 1. The Hall–Kier alpha value is -0.900. The fourth-order valence-corrected chi connectivity index (χ4v) is 2.48. The van der Waals surface area contributed by atoms with Crippen LogP contribution >= 0.6 is 23.4 Å². The highest BCUT2D eigenvalue weighted by Crippen LogP contribution is 2.22. The highest BCUT2D eigenvalue weighted by atomic mass is 35.5. The summed E-state index contributed by atoms with van der Waals surface area (Å²) in [5.74, 6) is 0. The first kappa shape index (κ1) is 14.5. The van der Waals surface area contributed by atoms with E-state index in [9.17, 15) is 0 Å². The molecule has 2 nitrogen and oxygen atoms in total. The molecule has 1 saturated heterocycles. The third kappa shape index (κ3) is 5.31. The maximum absolute atomic E-state index is 5.86. The lowest BCUT2D eigenvalue weighted by atomic mass is 10.3. The standard InChI is InChI=1S/C15H18ClNOS/c1-13(6-7-17-8-10-18-11-9-17)12-19-15-4-2-14(16)3-5-15/h2-7,12H,8-11H2,1H3/b7-6+,13-12+. The minimum atomic E-state index is 0.775. The smallest absolute Gasteiger partial charge is 0.0642 e. The molecule has 1 heterocycles. The van der Waals surface area contributed by atoms with E-state index in [1.165, 1.54) is 10.5 Å². The largest absolute Gasteiger partial charge is 0.378 e. The van der Waals surface area contributed by atoms with Crippen LogP contribution in [0.4, 0.5) is 0 Å². The van der Waals surface area contributed by atoms with Gasteiger partial charge in [0, 0.05) is 23.0 Å². The number of thioether (sulfide) groups is 1. The Balaban J connectivity index is 1.84. The molecular formula is C15H18ClNOS. The van der Waals surface area contributed by atoms with Crippen molar-refractivity contribution in [3.05, 3.63) is 52.5 Å². The lowest BCUT2D eigenvalue weighted by Gasteiger charge is -2.25. The van der Waals surface area contributed by atoms with Crippen LogP contribution in [0.25, 0.3) is 0 Å². The fourth-order valence-electron chi connectivity index (χ4n) is 1.66. The molecule has 1 fully saturated rings. The van der Waals surface area contributed by atoms with Crippen LogP contribution in [-0.4, -0.2) is 31.2 Å². The highest BCUT2D eigenvalue weighted by molar-refractivity contribution is 8.02. The van der Waals surface area contributed by atoms with Gasteiger partial charge >= 0.3 is 0 Å². The van der Waals surface area contributed by atoms with E-state index < -0.39 is 0 Å². The Labute approximate surface area is 124 Å². The monoisotopic (exact) mass is 295 g/mol. The third-order valence-electron chi connectivity index (χ3n) is 2.79. The van der Waals surface area contributed by atoms with Gasteiger partial charge in [0.05, 0.1) is 13.2 Å². The summed E-state index contributed by atoms with van der Waals surface area (Å²) in [4.78, 5) is 3.48. The molecule has 19 heavy (non-hydrogen) atoms. The van der Waals surface area contributed by atoms with Crippen LogP contribution in [0.15, 0.2) is 52.4 Å². The minimum absolute atomic E-state index is 0.775. The van der Waals surface area contributed by atoms with Gasteiger partial charge in [0.15, 0.2) is 0 Å². The van der Waals surface area contributed by atoms with Gasteiger partial charge in [0.2, 0.25) is 0 Å². The number of morpholine rings is 1. The molecule has 0 radical (unpaired) electrons. The molecule has 1 aromatic carbocycles. The summed E-state index contributed by atoms with van der Waals surface area (Å²) in [6, 6.07) is 7.89. The highest BCUT2D eigenvalue weighted by Gasteiger charge is 2.04. The fraction of sp³-hybridized carbons (Fsp3) is 0.333. The summed E-state index contributed by atoms with van der Waals surface area (Å²) in [6.45, 7) is 5.72. The molecule has 1 aliphatic rings. The van der Waals surface area contributed by atoms with Crippen LogP contribution in [0.2, 0.25) is 5.02 Å². The van der Waals surface area contributed by atoms with Crippen LogP contribution in [0.5, 0.6) is 0 Å². The van der Waals surface area contributed by atoms with E-state index in [0.717, 1.165) is 31.3 Å². The zero-order valence-corrected chi connectivity index (χ0v) is 12.6. The van der Waals surface area contributed by atoms with E-state index >= 15 is 0 Å². The molecule has 102 valence electrons. The normalized spacial score (nSPS) is 17.2. The molecule has 0 bridgehead atoms. The minimum Gasteiger partial charge on any atom is -0.378 e. The summed E-state index contributed by atoms with van der Waals surface area (Å²) in [5, 5.41) is 2.93. The van der Waals surface area contributed by atoms with Crippen molar-refractivity contribution >= 4 is 23.4 Å².